The minimum absolute atomic E-state index is 0.0902. The van der Waals surface area contributed by atoms with Crippen LogP contribution in [-0.2, 0) is 4.74 Å². The molecule has 92 valence electrons. The molecule has 0 heterocycles. The van der Waals surface area contributed by atoms with E-state index in [-0.39, 0.29) is 11.9 Å². The maximum absolute atomic E-state index is 13.8. The van der Waals surface area contributed by atoms with Gasteiger partial charge in [-0.2, -0.15) is 5.26 Å². The normalized spacial score (nSPS) is 11.9. The summed E-state index contributed by atoms with van der Waals surface area (Å²) < 4.78 is 18.9. The number of methoxy groups -OCH3 is 1. The molecule has 1 aromatic rings. The lowest BCUT2D eigenvalue weighted by Crippen LogP contribution is -2.36. The monoisotopic (exact) mass is 236 g/mol. The fourth-order valence-electron chi connectivity index (χ4n) is 1.86. The molecule has 0 N–H and O–H groups in total. The van der Waals surface area contributed by atoms with Crippen molar-refractivity contribution >= 4 is 5.69 Å². The molecule has 1 atom stereocenters. The van der Waals surface area contributed by atoms with Crippen LogP contribution in [0.5, 0.6) is 0 Å². The van der Waals surface area contributed by atoms with Gasteiger partial charge >= 0.3 is 0 Å². The van der Waals surface area contributed by atoms with Gasteiger partial charge in [0.05, 0.1) is 23.9 Å². The first kappa shape index (κ1) is 13.5. The quantitative estimate of drug-likeness (QED) is 0.788. The van der Waals surface area contributed by atoms with Crippen LogP contribution < -0.4 is 4.90 Å². The summed E-state index contributed by atoms with van der Waals surface area (Å²) >= 11 is 0. The van der Waals surface area contributed by atoms with Crippen LogP contribution in [0.3, 0.4) is 0 Å². The standard InChI is InChI=1S/C13H17FN2O/c1-4-16(10(2)9-17-3)13-6-5-11(8-15)7-12(13)14/h5-7,10H,4,9H2,1-3H3. The van der Waals surface area contributed by atoms with Gasteiger partial charge in [0.2, 0.25) is 0 Å². The van der Waals surface area contributed by atoms with Gasteiger partial charge in [0.15, 0.2) is 0 Å². The molecule has 17 heavy (non-hydrogen) atoms. The Morgan fingerprint density at radius 1 is 1.53 bits per heavy atom. The summed E-state index contributed by atoms with van der Waals surface area (Å²) in [6.45, 7) is 5.16. The number of hydrogen-bond acceptors (Lipinski definition) is 3. The summed E-state index contributed by atoms with van der Waals surface area (Å²) in [4.78, 5) is 1.92. The number of nitrogens with zero attached hydrogens (tertiary/aromatic N) is 2. The number of benzene rings is 1. The molecule has 0 saturated heterocycles. The van der Waals surface area contributed by atoms with Crippen LogP contribution in [0.15, 0.2) is 18.2 Å². The summed E-state index contributed by atoms with van der Waals surface area (Å²) in [5.41, 5.74) is 0.845. The Hall–Kier alpha value is -1.60. The van der Waals surface area contributed by atoms with Crippen molar-refractivity contribution in [2.75, 3.05) is 25.2 Å². The van der Waals surface area contributed by atoms with E-state index < -0.39 is 0 Å². The van der Waals surface area contributed by atoms with E-state index >= 15 is 0 Å². The molecule has 0 aromatic heterocycles. The van der Waals surface area contributed by atoms with Gasteiger partial charge in [-0.15, -0.1) is 0 Å². The number of anilines is 1. The molecule has 0 aliphatic carbocycles. The minimum Gasteiger partial charge on any atom is -0.383 e. The van der Waals surface area contributed by atoms with E-state index in [9.17, 15) is 4.39 Å². The van der Waals surface area contributed by atoms with Crippen LogP contribution in [0.1, 0.15) is 19.4 Å². The van der Waals surface area contributed by atoms with Crippen molar-refractivity contribution < 1.29 is 9.13 Å². The Bertz CT molecular complexity index is 414. The molecule has 1 unspecified atom stereocenters. The molecule has 0 fully saturated rings. The van der Waals surface area contributed by atoms with Crippen LogP contribution >= 0.6 is 0 Å². The van der Waals surface area contributed by atoms with Gasteiger partial charge in [-0.05, 0) is 32.0 Å². The third-order valence-corrected chi connectivity index (χ3v) is 2.67. The molecule has 0 spiro atoms. The number of ether oxygens (including phenoxy) is 1. The molecule has 4 heteroatoms. The second-order valence-corrected chi connectivity index (χ2v) is 3.87. The molecule has 0 amide bonds. The van der Waals surface area contributed by atoms with Crippen molar-refractivity contribution in [3.63, 3.8) is 0 Å². The summed E-state index contributed by atoms with van der Waals surface area (Å²) in [5.74, 6) is -0.367. The Balaban J connectivity index is 3.00. The highest BCUT2D eigenvalue weighted by Crippen LogP contribution is 2.22. The van der Waals surface area contributed by atoms with Gasteiger partial charge in [0.1, 0.15) is 5.82 Å². The van der Waals surface area contributed by atoms with Crippen molar-refractivity contribution in [3.05, 3.63) is 29.6 Å². The number of rotatable bonds is 5. The van der Waals surface area contributed by atoms with E-state index in [0.717, 1.165) is 0 Å². The van der Waals surface area contributed by atoms with E-state index in [1.54, 1.807) is 19.2 Å². The Labute approximate surface area is 101 Å². The maximum atomic E-state index is 13.8. The number of halogens is 1. The summed E-state index contributed by atoms with van der Waals surface area (Å²) in [7, 11) is 1.62. The lowest BCUT2D eigenvalue weighted by molar-refractivity contribution is 0.181. The van der Waals surface area contributed by atoms with Crippen molar-refractivity contribution in [1.29, 1.82) is 5.26 Å². The lowest BCUT2D eigenvalue weighted by Gasteiger charge is -2.30. The molecular formula is C13H17FN2O. The number of nitriles is 1. The van der Waals surface area contributed by atoms with Crippen molar-refractivity contribution in [3.8, 4) is 6.07 Å². The average Bonchev–Trinajstić information content (AvgIpc) is 2.32. The molecule has 0 saturated carbocycles. The molecule has 0 aliphatic rings. The molecule has 0 bridgehead atoms. The zero-order valence-electron chi connectivity index (χ0n) is 10.4. The SMILES string of the molecule is CCN(c1ccc(C#N)cc1F)C(C)COC. The van der Waals surface area contributed by atoms with Gasteiger partial charge in [-0.3, -0.25) is 0 Å². The molecule has 1 rings (SSSR count). The van der Waals surface area contributed by atoms with Gasteiger partial charge in [-0.25, -0.2) is 4.39 Å². The van der Waals surface area contributed by atoms with E-state index in [2.05, 4.69) is 0 Å². The number of likely N-dealkylation sites (N-methyl/N-ethyl adjacent to an activating group) is 1. The van der Waals surface area contributed by atoms with Gasteiger partial charge in [0, 0.05) is 19.7 Å². The Morgan fingerprint density at radius 2 is 2.24 bits per heavy atom. The third kappa shape index (κ3) is 3.18. The summed E-state index contributed by atoms with van der Waals surface area (Å²) in [6.07, 6.45) is 0. The lowest BCUT2D eigenvalue weighted by atomic mass is 10.1. The predicted molar refractivity (Wildman–Crippen MR) is 65.5 cm³/mol. The first-order chi connectivity index (χ1) is 8.13. The molecule has 0 aliphatic heterocycles. The largest absolute Gasteiger partial charge is 0.383 e. The van der Waals surface area contributed by atoms with E-state index in [4.69, 9.17) is 10.00 Å². The second kappa shape index (κ2) is 6.21. The smallest absolute Gasteiger partial charge is 0.147 e. The van der Waals surface area contributed by atoms with Gasteiger partial charge < -0.3 is 9.64 Å². The minimum atomic E-state index is -0.367. The van der Waals surface area contributed by atoms with Crippen molar-refractivity contribution in [2.45, 2.75) is 19.9 Å². The zero-order valence-corrected chi connectivity index (χ0v) is 10.4. The van der Waals surface area contributed by atoms with Crippen molar-refractivity contribution in [2.24, 2.45) is 0 Å². The Morgan fingerprint density at radius 3 is 2.71 bits per heavy atom. The van der Waals surface area contributed by atoms with Crippen molar-refractivity contribution in [1.82, 2.24) is 0 Å². The molecule has 3 nitrogen and oxygen atoms in total. The second-order valence-electron chi connectivity index (χ2n) is 3.87. The maximum Gasteiger partial charge on any atom is 0.147 e. The van der Waals surface area contributed by atoms with Crippen LogP contribution in [0.25, 0.3) is 0 Å². The Kier molecular flexibility index (Phi) is 4.92. The van der Waals surface area contributed by atoms with Crippen LogP contribution in [0, 0.1) is 17.1 Å². The highest BCUT2D eigenvalue weighted by molar-refractivity contribution is 5.51. The summed E-state index contributed by atoms with van der Waals surface area (Å²) in [5, 5.41) is 8.69. The summed E-state index contributed by atoms with van der Waals surface area (Å²) in [6, 6.07) is 6.54. The highest BCUT2D eigenvalue weighted by Gasteiger charge is 2.16. The van der Waals surface area contributed by atoms with E-state index in [1.807, 2.05) is 24.8 Å². The molecule has 1 aromatic carbocycles. The topological polar surface area (TPSA) is 36.3 Å². The van der Waals surface area contributed by atoms with Crippen LogP contribution in [-0.4, -0.2) is 26.3 Å². The fraction of sp³-hybridized carbons (Fsp3) is 0.462. The van der Waals surface area contributed by atoms with Gasteiger partial charge in [-0.1, -0.05) is 0 Å². The van der Waals surface area contributed by atoms with Crippen LogP contribution in [0.4, 0.5) is 10.1 Å². The van der Waals surface area contributed by atoms with E-state index in [1.165, 1.54) is 6.07 Å². The average molecular weight is 236 g/mol. The fourth-order valence-corrected chi connectivity index (χ4v) is 1.86. The first-order valence-corrected chi connectivity index (χ1v) is 5.59. The molecular weight excluding hydrogens is 219 g/mol. The first-order valence-electron chi connectivity index (χ1n) is 5.59. The van der Waals surface area contributed by atoms with E-state index in [0.29, 0.717) is 24.4 Å². The third-order valence-electron chi connectivity index (χ3n) is 2.67. The molecule has 0 radical (unpaired) electrons. The number of hydrogen-bond donors (Lipinski definition) is 0. The predicted octanol–water partition coefficient (Wildman–Crippen LogP) is 2.56. The van der Waals surface area contributed by atoms with Crippen LogP contribution in [0.2, 0.25) is 0 Å². The highest BCUT2D eigenvalue weighted by atomic mass is 19.1. The van der Waals surface area contributed by atoms with Gasteiger partial charge in [0.25, 0.3) is 0 Å². The zero-order chi connectivity index (χ0) is 12.8.